The number of nitrogens with two attached hydrogens (primary N) is 1. The van der Waals surface area contributed by atoms with Crippen LogP contribution in [-0.4, -0.2) is 9.97 Å². The average molecular weight is 267 g/mol. The fourth-order valence-electron chi connectivity index (χ4n) is 3.26. The van der Waals surface area contributed by atoms with Crippen molar-refractivity contribution in [1.29, 1.82) is 0 Å². The number of nitrogens with zero attached hydrogens (tertiary/aromatic N) is 2. The zero-order valence-corrected chi connectivity index (χ0v) is 12.2. The summed E-state index contributed by atoms with van der Waals surface area (Å²) in [5, 5.41) is 0. The fourth-order valence-corrected chi connectivity index (χ4v) is 3.26. The lowest BCUT2D eigenvalue weighted by atomic mass is 9.82. The lowest BCUT2D eigenvalue weighted by molar-refractivity contribution is 0.588. The van der Waals surface area contributed by atoms with Crippen LogP contribution >= 0.6 is 0 Å². The molecule has 0 saturated carbocycles. The molecule has 2 aromatic rings. The Hall–Kier alpha value is -1.90. The van der Waals surface area contributed by atoms with Crippen LogP contribution < -0.4 is 5.73 Å². The molecule has 0 radical (unpaired) electrons. The summed E-state index contributed by atoms with van der Waals surface area (Å²) in [6, 6.07) is 8.65. The molecule has 1 aromatic carbocycles. The number of nitrogen functional groups attached to an aromatic ring is 1. The predicted octanol–water partition coefficient (Wildman–Crippen LogP) is 3.40. The van der Waals surface area contributed by atoms with E-state index in [0.29, 0.717) is 11.7 Å². The summed E-state index contributed by atoms with van der Waals surface area (Å²) in [6.07, 6.45) is 4.36. The summed E-state index contributed by atoms with van der Waals surface area (Å²) in [7, 11) is 0. The normalized spacial score (nSPS) is 17.8. The number of fused-ring (bicyclic) bond motifs is 1. The van der Waals surface area contributed by atoms with Gasteiger partial charge in [-0.25, -0.2) is 9.97 Å². The Morgan fingerprint density at radius 3 is 2.80 bits per heavy atom. The highest BCUT2D eigenvalue weighted by atomic mass is 15.0. The monoisotopic (exact) mass is 267 g/mol. The van der Waals surface area contributed by atoms with Crippen molar-refractivity contribution in [3.05, 3.63) is 52.5 Å². The van der Waals surface area contributed by atoms with Gasteiger partial charge in [-0.3, -0.25) is 0 Å². The third kappa shape index (κ3) is 2.17. The predicted molar refractivity (Wildman–Crippen MR) is 81.8 cm³/mol. The maximum absolute atomic E-state index is 6.11. The lowest BCUT2D eigenvalue weighted by Gasteiger charge is -2.25. The Morgan fingerprint density at radius 1 is 1.25 bits per heavy atom. The minimum absolute atomic E-state index is 0.298. The van der Waals surface area contributed by atoms with Gasteiger partial charge in [0.2, 0.25) is 0 Å². The molecule has 2 N–H and O–H groups in total. The third-order valence-corrected chi connectivity index (χ3v) is 4.30. The summed E-state index contributed by atoms with van der Waals surface area (Å²) in [4.78, 5) is 9.33. The third-order valence-electron chi connectivity index (χ3n) is 4.30. The number of benzene rings is 1. The molecule has 0 bridgehead atoms. The SMILES string of the molecule is CCc1c(C)nc(C2CCCc3ccccc32)nc1N. The summed E-state index contributed by atoms with van der Waals surface area (Å²) >= 11 is 0. The maximum Gasteiger partial charge on any atom is 0.138 e. The van der Waals surface area contributed by atoms with Gasteiger partial charge in [-0.2, -0.15) is 0 Å². The van der Waals surface area contributed by atoms with Crippen LogP contribution in [-0.2, 0) is 12.8 Å². The van der Waals surface area contributed by atoms with E-state index in [-0.39, 0.29) is 0 Å². The van der Waals surface area contributed by atoms with E-state index in [1.54, 1.807) is 0 Å². The average Bonchev–Trinajstić information content (AvgIpc) is 2.46. The second-order valence-electron chi connectivity index (χ2n) is 5.53. The van der Waals surface area contributed by atoms with Crippen LogP contribution in [0.1, 0.15) is 53.9 Å². The molecule has 3 rings (SSSR count). The zero-order valence-electron chi connectivity index (χ0n) is 12.2. The lowest BCUT2D eigenvalue weighted by Crippen LogP contribution is -2.16. The zero-order chi connectivity index (χ0) is 14.1. The highest BCUT2D eigenvalue weighted by Crippen LogP contribution is 2.35. The van der Waals surface area contributed by atoms with E-state index in [4.69, 9.17) is 10.7 Å². The largest absolute Gasteiger partial charge is 0.383 e. The van der Waals surface area contributed by atoms with Gasteiger partial charge in [-0.15, -0.1) is 0 Å². The minimum atomic E-state index is 0.298. The fraction of sp³-hybridized carbons (Fsp3) is 0.412. The van der Waals surface area contributed by atoms with Gasteiger partial charge in [0.05, 0.1) is 0 Å². The number of aromatic nitrogens is 2. The van der Waals surface area contributed by atoms with Crippen molar-refractivity contribution in [3.8, 4) is 0 Å². The Kier molecular flexibility index (Phi) is 3.43. The molecule has 1 atom stereocenters. The van der Waals surface area contributed by atoms with Crippen molar-refractivity contribution in [3.63, 3.8) is 0 Å². The molecule has 20 heavy (non-hydrogen) atoms. The second-order valence-corrected chi connectivity index (χ2v) is 5.53. The van der Waals surface area contributed by atoms with Gasteiger partial charge in [0.25, 0.3) is 0 Å². The summed E-state index contributed by atoms with van der Waals surface area (Å²) in [5.74, 6) is 1.84. The van der Waals surface area contributed by atoms with Crippen LogP contribution in [0.5, 0.6) is 0 Å². The standard InChI is InChI=1S/C17H21N3/c1-3-13-11(2)19-17(20-16(13)18)15-10-6-8-12-7-4-5-9-14(12)15/h4-5,7,9,15H,3,6,8,10H2,1-2H3,(H2,18,19,20). The van der Waals surface area contributed by atoms with Crippen molar-refractivity contribution >= 4 is 5.82 Å². The maximum atomic E-state index is 6.11. The number of aryl methyl sites for hydroxylation is 2. The number of hydrogen-bond acceptors (Lipinski definition) is 3. The smallest absolute Gasteiger partial charge is 0.138 e. The minimum Gasteiger partial charge on any atom is -0.383 e. The molecule has 3 nitrogen and oxygen atoms in total. The molecule has 0 spiro atoms. The molecule has 1 aliphatic rings. The van der Waals surface area contributed by atoms with Crippen LogP contribution in [0.2, 0.25) is 0 Å². The van der Waals surface area contributed by atoms with Gasteiger partial charge in [0.1, 0.15) is 11.6 Å². The molecular formula is C17H21N3. The highest BCUT2D eigenvalue weighted by Gasteiger charge is 2.24. The summed E-state index contributed by atoms with van der Waals surface area (Å²) in [6.45, 7) is 4.13. The first kappa shape index (κ1) is 13.1. The van der Waals surface area contributed by atoms with E-state index in [1.807, 2.05) is 6.92 Å². The van der Waals surface area contributed by atoms with Gasteiger partial charge >= 0.3 is 0 Å². The van der Waals surface area contributed by atoms with E-state index >= 15 is 0 Å². The van der Waals surface area contributed by atoms with Crippen LogP contribution in [0.15, 0.2) is 24.3 Å². The van der Waals surface area contributed by atoms with Crippen LogP contribution in [0.25, 0.3) is 0 Å². The van der Waals surface area contributed by atoms with Crippen LogP contribution in [0.3, 0.4) is 0 Å². The molecule has 1 aliphatic carbocycles. The van der Waals surface area contributed by atoms with Crippen LogP contribution in [0.4, 0.5) is 5.82 Å². The Morgan fingerprint density at radius 2 is 2.05 bits per heavy atom. The van der Waals surface area contributed by atoms with Gasteiger partial charge in [0.15, 0.2) is 0 Å². The van der Waals surface area contributed by atoms with Crippen molar-refractivity contribution < 1.29 is 0 Å². The Labute approximate surface area is 120 Å². The topological polar surface area (TPSA) is 51.8 Å². The number of rotatable bonds is 2. The molecule has 0 saturated heterocycles. The molecule has 0 amide bonds. The highest BCUT2D eigenvalue weighted by molar-refractivity contribution is 5.44. The summed E-state index contributed by atoms with van der Waals surface area (Å²) < 4.78 is 0. The number of hydrogen-bond donors (Lipinski definition) is 1. The first-order valence-corrected chi connectivity index (χ1v) is 7.41. The van der Waals surface area contributed by atoms with Gasteiger partial charge in [0, 0.05) is 17.2 Å². The van der Waals surface area contributed by atoms with Crippen LogP contribution in [0, 0.1) is 6.92 Å². The summed E-state index contributed by atoms with van der Waals surface area (Å²) in [5.41, 5.74) is 11.0. The van der Waals surface area contributed by atoms with Gasteiger partial charge in [-0.05, 0) is 43.7 Å². The molecule has 1 heterocycles. The first-order valence-electron chi connectivity index (χ1n) is 7.41. The number of anilines is 1. The molecule has 104 valence electrons. The van der Waals surface area contributed by atoms with Gasteiger partial charge < -0.3 is 5.73 Å². The quantitative estimate of drug-likeness (QED) is 0.907. The molecule has 3 heteroatoms. The van der Waals surface area contributed by atoms with Crippen molar-refractivity contribution in [2.45, 2.75) is 45.4 Å². The van der Waals surface area contributed by atoms with Gasteiger partial charge in [-0.1, -0.05) is 31.2 Å². The van der Waals surface area contributed by atoms with Crippen molar-refractivity contribution in [2.24, 2.45) is 0 Å². The molecular weight excluding hydrogens is 246 g/mol. The second kappa shape index (κ2) is 5.23. The van der Waals surface area contributed by atoms with Crippen molar-refractivity contribution in [1.82, 2.24) is 9.97 Å². The van der Waals surface area contributed by atoms with E-state index in [0.717, 1.165) is 36.3 Å². The van der Waals surface area contributed by atoms with E-state index in [2.05, 4.69) is 36.2 Å². The first-order chi connectivity index (χ1) is 9.70. The van der Waals surface area contributed by atoms with E-state index < -0.39 is 0 Å². The Bertz CT molecular complexity index is 611. The molecule has 0 aliphatic heterocycles. The Balaban J connectivity index is 2.07. The van der Waals surface area contributed by atoms with E-state index in [9.17, 15) is 0 Å². The van der Waals surface area contributed by atoms with Crippen molar-refractivity contribution in [2.75, 3.05) is 5.73 Å². The molecule has 1 unspecified atom stereocenters. The molecule has 0 fully saturated rings. The van der Waals surface area contributed by atoms with E-state index in [1.165, 1.54) is 17.5 Å². The molecule has 1 aromatic heterocycles.